The highest BCUT2D eigenvalue weighted by Gasteiger charge is 2.32. The number of aliphatic carboxylic acids is 1. The molecular weight excluding hydrogens is 520 g/mol. The van der Waals surface area contributed by atoms with E-state index in [0.717, 1.165) is 75.9 Å². The standard InChI is InChI=1S/C15H18N2O2S.C13H14N2O2S/c1-2-19-14(18)12-8-5-6-10-17(12)15-16-11-7-3-4-9-13(11)20-15;16-12(17)10-6-3-4-8-15(10)13-14-9-5-1-2-7-11(9)18-13/h3-4,7,9,12H,2,5-6,8,10H2,1H3;1-2,5,7,10H,3-4,6,8H2,(H,16,17)/t12-;10-/m00/s1. The monoisotopic (exact) mass is 552 g/mol. The van der Waals surface area contributed by atoms with E-state index in [4.69, 9.17) is 4.74 Å². The Morgan fingerprint density at radius 1 is 0.842 bits per heavy atom. The summed E-state index contributed by atoms with van der Waals surface area (Å²) in [4.78, 5) is 36.7. The van der Waals surface area contributed by atoms with Crippen molar-refractivity contribution >= 4 is 65.3 Å². The van der Waals surface area contributed by atoms with Crippen LogP contribution in [0.5, 0.6) is 0 Å². The van der Waals surface area contributed by atoms with Crippen molar-refractivity contribution in [2.24, 2.45) is 0 Å². The molecule has 10 heteroatoms. The number of piperidine rings is 2. The Morgan fingerprint density at radius 3 is 1.84 bits per heavy atom. The molecule has 2 aliphatic heterocycles. The fraction of sp³-hybridized carbons (Fsp3) is 0.429. The largest absolute Gasteiger partial charge is 0.480 e. The lowest BCUT2D eigenvalue weighted by atomic mass is 10.0. The summed E-state index contributed by atoms with van der Waals surface area (Å²) >= 11 is 3.23. The molecule has 4 aromatic rings. The quantitative estimate of drug-likeness (QED) is 0.303. The minimum absolute atomic E-state index is 0.119. The molecule has 0 radical (unpaired) electrons. The van der Waals surface area contributed by atoms with Gasteiger partial charge in [0.1, 0.15) is 12.1 Å². The average molecular weight is 553 g/mol. The number of esters is 1. The van der Waals surface area contributed by atoms with Crippen molar-refractivity contribution in [3.8, 4) is 0 Å². The zero-order valence-electron chi connectivity index (χ0n) is 21.4. The van der Waals surface area contributed by atoms with E-state index in [1.807, 2.05) is 54.3 Å². The fourth-order valence-electron chi connectivity index (χ4n) is 5.03. The van der Waals surface area contributed by atoms with E-state index >= 15 is 0 Å². The predicted octanol–water partition coefficient (Wildman–Crippen LogP) is 5.96. The number of benzene rings is 2. The smallest absolute Gasteiger partial charge is 0.328 e. The third kappa shape index (κ3) is 5.76. The van der Waals surface area contributed by atoms with Crippen molar-refractivity contribution in [1.82, 2.24) is 9.97 Å². The topological polar surface area (TPSA) is 95.9 Å². The Balaban J connectivity index is 0.000000156. The minimum Gasteiger partial charge on any atom is -0.480 e. The van der Waals surface area contributed by atoms with Crippen molar-refractivity contribution < 1.29 is 19.4 Å². The van der Waals surface area contributed by atoms with Crippen LogP contribution in [0.25, 0.3) is 20.4 Å². The second kappa shape index (κ2) is 12.1. The number of fused-ring (bicyclic) bond motifs is 2. The Kier molecular flexibility index (Phi) is 8.38. The molecule has 1 N–H and O–H groups in total. The molecule has 2 aromatic carbocycles. The van der Waals surface area contributed by atoms with Gasteiger partial charge in [-0.3, -0.25) is 0 Å². The van der Waals surface area contributed by atoms with E-state index in [-0.39, 0.29) is 12.0 Å². The molecule has 2 saturated heterocycles. The van der Waals surface area contributed by atoms with Crippen molar-refractivity contribution in [3.63, 3.8) is 0 Å². The van der Waals surface area contributed by atoms with E-state index in [0.29, 0.717) is 13.0 Å². The molecule has 2 fully saturated rings. The van der Waals surface area contributed by atoms with E-state index < -0.39 is 12.0 Å². The van der Waals surface area contributed by atoms with Crippen LogP contribution in [0, 0.1) is 0 Å². The number of carboxylic acids is 1. The average Bonchev–Trinajstić information content (AvgIpc) is 3.58. The van der Waals surface area contributed by atoms with Crippen LogP contribution in [-0.2, 0) is 14.3 Å². The molecule has 2 atom stereocenters. The van der Waals surface area contributed by atoms with Gasteiger partial charge in [-0.1, -0.05) is 46.9 Å². The van der Waals surface area contributed by atoms with Crippen LogP contribution in [0.15, 0.2) is 48.5 Å². The first-order chi connectivity index (χ1) is 18.5. The number of aromatic nitrogens is 2. The van der Waals surface area contributed by atoms with Crippen LogP contribution in [-0.4, -0.2) is 58.8 Å². The zero-order valence-corrected chi connectivity index (χ0v) is 23.0. The number of thiazole rings is 2. The van der Waals surface area contributed by atoms with E-state index in [9.17, 15) is 14.7 Å². The highest BCUT2D eigenvalue weighted by molar-refractivity contribution is 7.22. The highest BCUT2D eigenvalue weighted by Crippen LogP contribution is 2.34. The van der Waals surface area contributed by atoms with Crippen LogP contribution < -0.4 is 9.80 Å². The number of rotatable bonds is 5. The van der Waals surface area contributed by atoms with Crippen molar-refractivity contribution in [2.75, 3.05) is 29.5 Å². The maximum Gasteiger partial charge on any atom is 0.328 e. The van der Waals surface area contributed by atoms with Crippen LogP contribution >= 0.6 is 22.7 Å². The van der Waals surface area contributed by atoms with Crippen molar-refractivity contribution in [3.05, 3.63) is 48.5 Å². The predicted molar refractivity (Wildman–Crippen MR) is 153 cm³/mol. The summed E-state index contributed by atoms with van der Waals surface area (Å²) in [5.74, 6) is -0.861. The number of anilines is 2. The molecule has 0 aliphatic carbocycles. The van der Waals surface area contributed by atoms with Gasteiger partial charge in [0.25, 0.3) is 0 Å². The molecular formula is C28H32N4O4S2. The lowest BCUT2D eigenvalue weighted by molar-refractivity contribution is -0.145. The molecule has 6 rings (SSSR count). The first kappa shape index (κ1) is 26.4. The number of nitrogens with zero attached hydrogens (tertiary/aromatic N) is 4. The maximum absolute atomic E-state index is 12.1. The first-order valence-corrected chi connectivity index (χ1v) is 14.8. The van der Waals surface area contributed by atoms with Gasteiger partial charge in [-0.2, -0.15) is 0 Å². The normalized spacial score (nSPS) is 19.7. The summed E-state index contributed by atoms with van der Waals surface area (Å²) in [7, 11) is 0. The minimum atomic E-state index is -0.742. The van der Waals surface area contributed by atoms with Crippen molar-refractivity contribution in [2.45, 2.75) is 57.5 Å². The second-order valence-electron chi connectivity index (χ2n) is 9.43. The Hall–Kier alpha value is -3.24. The van der Waals surface area contributed by atoms with E-state index in [1.54, 1.807) is 22.7 Å². The van der Waals surface area contributed by atoms with Crippen LogP contribution in [0.4, 0.5) is 10.3 Å². The van der Waals surface area contributed by atoms with E-state index in [2.05, 4.69) is 20.9 Å². The third-order valence-corrected chi connectivity index (χ3v) is 9.05. The molecule has 38 heavy (non-hydrogen) atoms. The van der Waals surface area contributed by atoms with Gasteiger partial charge in [0, 0.05) is 13.1 Å². The Labute approximate surface area is 229 Å². The maximum atomic E-state index is 12.1. The van der Waals surface area contributed by atoms with Gasteiger partial charge >= 0.3 is 11.9 Å². The van der Waals surface area contributed by atoms with Crippen LogP contribution in [0.3, 0.4) is 0 Å². The van der Waals surface area contributed by atoms with Crippen molar-refractivity contribution in [1.29, 1.82) is 0 Å². The summed E-state index contributed by atoms with van der Waals surface area (Å²) < 4.78 is 7.48. The SMILES string of the molecule is CCOC(=O)[C@@H]1CCCCN1c1nc2ccccc2s1.O=C(O)[C@@H]1CCCCN1c1nc2ccccc2s1. The Morgan fingerprint density at radius 2 is 1.34 bits per heavy atom. The van der Waals surface area contributed by atoms with Gasteiger partial charge in [-0.15, -0.1) is 0 Å². The van der Waals surface area contributed by atoms with Gasteiger partial charge in [0.2, 0.25) is 0 Å². The number of carboxylic acid groups (broad SMARTS) is 1. The van der Waals surface area contributed by atoms with Gasteiger partial charge in [0.05, 0.1) is 27.0 Å². The highest BCUT2D eigenvalue weighted by atomic mass is 32.1. The number of ether oxygens (including phenoxy) is 1. The fourth-order valence-corrected chi connectivity index (χ4v) is 7.11. The number of para-hydroxylation sites is 2. The number of hydrogen-bond acceptors (Lipinski definition) is 9. The second-order valence-corrected chi connectivity index (χ2v) is 11.4. The van der Waals surface area contributed by atoms with Gasteiger partial charge in [0.15, 0.2) is 10.3 Å². The first-order valence-electron chi connectivity index (χ1n) is 13.2. The summed E-state index contributed by atoms with van der Waals surface area (Å²) in [5, 5.41) is 11.1. The number of hydrogen-bond donors (Lipinski definition) is 1. The number of carbonyl (C=O) groups excluding carboxylic acids is 1. The third-order valence-electron chi connectivity index (χ3n) is 6.91. The van der Waals surface area contributed by atoms with Gasteiger partial charge < -0.3 is 19.6 Å². The summed E-state index contributed by atoms with van der Waals surface area (Å²) in [6, 6.07) is 15.4. The Bertz CT molecular complexity index is 1340. The van der Waals surface area contributed by atoms with E-state index in [1.165, 1.54) is 0 Å². The van der Waals surface area contributed by atoms with Crippen LogP contribution in [0.2, 0.25) is 0 Å². The molecule has 200 valence electrons. The lowest BCUT2D eigenvalue weighted by Crippen LogP contribution is -2.45. The number of carbonyl (C=O) groups is 2. The molecule has 0 spiro atoms. The summed E-state index contributed by atoms with van der Waals surface area (Å²) in [5.41, 5.74) is 1.95. The molecule has 0 bridgehead atoms. The molecule has 8 nitrogen and oxygen atoms in total. The van der Waals surface area contributed by atoms with Gasteiger partial charge in [-0.25, -0.2) is 19.6 Å². The molecule has 0 saturated carbocycles. The molecule has 2 aliphatic rings. The van der Waals surface area contributed by atoms with Gasteiger partial charge in [-0.05, 0) is 69.7 Å². The van der Waals surface area contributed by atoms with Crippen LogP contribution in [0.1, 0.15) is 45.4 Å². The molecule has 2 aromatic heterocycles. The molecule has 0 unspecified atom stereocenters. The summed E-state index contributed by atoms with van der Waals surface area (Å²) in [6.45, 7) is 3.95. The zero-order chi connectivity index (χ0) is 26.5. The lowest BCUT2D eigenvalue weighted by Gasteiger charge is -2.33. The molecule has 0 amide bonds. The molecule has 4 heterocycles. The summed E-state index contributed by atoms with van der Waals surface area (Å²) in [6.07, 6.45) is 5.77.